The fourth-order valence-electron chi connectivity index (χ4n) is 1.86. The van der Waals surface area contributed by atoms with Crippen LogP contribution in [0.25, 0.3) is 0 Å². The predicted molar refractivity (Wildman–Crippen MR) is 79.0 cm³/mol. The minimum absolute atomic E-state index is 0.270. The van der Waals surface area contributed by atoms with E-state index >= 15 is 0 Å². The largest absolute Gasteiger partial charge is 0.491 e. The second-order valence-electron chi connectivity index (χ2n) is 4.36. The molecule has 0 saturated heterocycles. The minimum Gasteiger partial charge on any atom is -0.491 e. The van der Waals surface area contributed by atoms with Crippen molar-refractivity contribution in [2.45, 2.75) is 13.8 Å². The molecule has 0 aliphatic heterocycles. The first-order valence-corrected chi connectivity index (χ1v) is 6.36. The van der Waals surface area contributed by atoms with Crippen molar-refractivity contribution in [2.75, 3.05) is 17.7 Å². The first kappa shape index (κ1) is 13.9. The second kappa shape index (κ2) is 6.06. The Morgan fingerprint density at radius 2 is 2.20 bits per heavy atom. The number of ether oxygens (including phenoxy) is 1. The van der Waals surface area contributed by atoms with Gasteiger partial charge >= 0.3 is 0 Å². The molecule has 1 aromatic carbocycles. The normalized spacial score (nSPS) is 10.1. The Bertz CT molecular complexity index is 626. The standard InChI is InChI=1S/C15H17N3O2/c1-3-20-14-12(5-4-6-13(14)16)15(19)18-11-7-10(2)8-17-9-11/h4-9H,3,16H2,1-2H3,(H,18,19). The van der Waals surface area contributed by atoms with E-state index in [0.29, 0.717) is 29.3 Å². The third kappa shape index (κ3) is 3.06. The fraction of sp³-hybridized carbons (Fsp3) is 0.200. The zero-order valence-corrected chi connectivity index (χ0v) is 11.5. The van der Waals surface area contributed by atoms with Crippen LogP contribution in [0.3, 0.4) is 0 Å². The van der Waals surface area contributed by atoms with Gasteiger partial charge in [0.15, 0.2) is 5.75 Å². The number of pyridine rings is 1. The van der Waals surface area contributed by atoms with Crippen molar-refractivity contribution in [3.63, 3.8) is 0 Å². The quantitative estimate of drug-likeness (QED) is 0.838. The van der Waals surface area contributed by atoms with Gasteiger partial charge in [-0.05, 0) is 37.6 Å². The van der Waals surface area contributed by atoms with Gasteiger partial charge in [0, 0.05) is 6.20 Å². The summed E-state index contributed by atoms with van der Waals surface area (Å²) >= 11 is 0. The van der Waals surface area contributed by atoms with Crippen LogP contribution < -0.4 is 15.8 Å². The first-order chi connectivity index (χ1) is 9.61. The van der Waals surface area contributed by atoms with Crippen LogP contribution in [0.15, 0.2) is 36.7 Å². The monoisotopic (exact) mass is 271 g/mol. The Kier molecular flexibility index (Phi) is 4.20. The third-order valence-electron chi connectivity index (χ3n) is 2.71. The van der Waals surface area contributed by atoms with E-state index in [1.54, 1.807) is 30.6 Å². The lowest BCUT2D eigenvalue weighted by atomic mass is 10.1. The number of anilines is 2. The highest BCUT2D eigenvalue weighted by molar-refractivity contribution is 6.07. The molecule has 0 atom stereocenters. The van der Waals surface area contributed by atoms with E-state index in [-0.39, 0.29) is 5.91 Å². The van der Waals surface area contributed by atoms with Gasteiger partial charge in [-0.2, -0.15) is 0 Å². The molecule has 1 heterocycles. The van der Waals surface area contributed by atoms with Crippen LogP contribution in [0, 0.1) is 6.92 Å². The molecule has 0 aliphatic rings. The fourth-order valence-corrected chi connectivity index (χ4v) is 1.86. The molecule has 0 bridgehead atoms. The van der Waals surface area contributed by atoms with E-state index < -0.39 is 0 Å². The van der Waals surface area contributed by atoms with Crippen molar-refractivity contribution >= 4 is 17.3 Å². The molecule has 2 rings (SSSR count). The van der Waals surface area contributed by atoms with Crippen molar-refractivity contribution in [3.8, 4) is 5.75 Å². The van der Waals surface area contributed by atoms with Crippen molar-refractivity contribution in [3.05, 3.63) is 47.8 Å². The van der Waals surface area contributed by atoms with E-state index in [4.69, 9.17) is 10.5 Å². The van der Waals surface area contributed by atoms with Gasteiger partial charge in [0.05, 0.1) is 29.7 Å². The molecule has 1 aromatic heterocycles. The Morgan fingerprint density at radius 1 is 1.40 bits per heavy atom. The SMILES string of the molecule is CCOc1c(N)cccc1C(=O)Nc1cncc(C)c1. The van der Waals surface area contributed by atoms with Crippen molar-refractivity contribution in [2.24, 2.45) is 0 Å². The van der Waals surface area contributed by atoms with Gasteiger partial charge in [-0.1, -0.05) is 6.07 Å². The summed E-state index contributed by atoms with van der Waals surface area (Å²) in [6, 6.07) is 6.95. The van der Waals surface area contributed by atoms with Crippen molar-refractivity contribution in [1.82, 2.24) is 4.98 Å². The number of benzene rings is 1. The summed E-state index contributed by atoms with van der Waals surface area (Å²) in [6.07, 6.45) is 3.32. The molecule has 0 unspecified atom stereocenters. The van der Waals surface area contributed by atoms with Gasteiger partial charge in [-0.3, -0.25) is 9.78 Å². The van der Waals surface area contributed by atoms with Crippen molar-refractivity contribution < 1.29 is 9.53 Å². The topological polar surface area (TPSA) is 77.2 Å². The third-order valence-corrected chi connectivity index (χ3v) is 2.71. The lowest BCUT2D eigenvalue weighted by molar-refractivity contribution is 0.102. The number of nitrogens with two attached hydrogens (primary N) is 1. The first-order valence-electron chi connectivity index (χ1n) is 6.36. The zero-order valence-electron chi connectivity index (χ0n) is 11.5. The number of para-hydroxylation sites is 1. The van der Waals surface area contributed by atoms with Crippen LogP contribution in [-0.4, -0.2) is 17.5 Å². The van der Waals surface area contributed by atoms with Gasteiger partial charge < -0.3 is 15.8 Å². The minimum atomic E-state index is -0.270. The summed E-state index contributed by atoms with van der Waals surface area (Å²) in [4.78, 5) is 16.3. The maximum Gasteiger partial charge on any atom is 0.259 e. The number of hydrogen-bond acceptors (Lipinski definition) is 4. The summed E-state index contributed by atoms with van der Waals surface area (Å²) in [5, 5.41) is 2.79. The van der Waals surface area contributed by atoms with Crippen LogP contribution in [0.2, 0.25) is 0 Å². The molecule has 20 heavy (non-hydrogen) atoms. The molecule has 5 nitrogen and oxygen atoms in total. The molecule has 0 aliphatic carbocycles. The number of nitrogen functional groups attached to an aromatic ring is 1. The molecule has 0 fully saturated rings. The summed E-state index contributed by atoms with van der Waals surface area (Å²) in [5.74, 6) is 0.140. The number of aryl methyl sites for hydroxylation is 1. The Labute approximate surface area is 117 Å². The highest BCUT2D eigenvalue weighted by atomic mass is 16.5. The maximum atomic E-state index is 12.3. The van der Waals surface area contributed by atoms with Gasteiger partial charge in [-0.25, -0.2) is 0 Å². The average molecular weight is 271 g/mol. The lowest BCUT2D eigenvalue weighted by Crippen LogP contribution is -2.14. The number of nitrogens with one attached hydrogen (secondary N) is 1. The number of hydrogen-bond donors (Lipinski definition) is 2. The smallest absolute Gasteiger partial charge is 0.259 e. The van der Waals surface area contributed by atoms with Gasteiger partial charge in [0.2, 0.25) is 0 Å². The number of amides is 1. The highest BCUT2D eigenvalue weighted by Gasteiger charge is 2.15. The highest BCUT2D eigenvalue weighted by Crippen LogP contribution is 2.27. The van der Waals surface area contributed by atoms with E-state index in [1.807, 2.05) is 19.9 Å². The van der Waals surface area contributed by atoms with Crippen LogP contribution in [-0.2, 0) is 0 Å². The number of carbonyl (C=O) groups is 1. The van der Waals surface area contributed by atoms with Crippen LogP contribution in [0.5, 0.6) is 5.75 Å². The average Bonchev–Trinajstić information content (AvgIpc) is 2.41. The predicted octanol–water partition coefficient (Wildman–Crippen LogP) is 2.62. The summed E-state index contributed by atoms with van der Waals surface area (Å²) < 4.78 is 5.45. The second-order valence-corrected chi connectivity index (χ2v) is 4.36. The Morgan fingerprint density at radius 3 is 2.90 bits per heavy atom. The van der Waals surface area contributed by atoms with Gasteiger partial charge in [-0.15, -0.1) is 0 Å². The van der Waals surface area contributed by atoms with Crippen LogP contribution in [0.1, 0.15) is 22.8 Å². The van der Waals surface area contributed by atoms with Gasteiger partial charge in [0.1, 0.15) is 0 Å². The van der Waals surface area contributed by atoms with Crippen LogP contribution in [0.4, 0.5) is 11.4 Å². The summed E-state index contributed by atoms with van der Waals surface area (Å²) in [6.45, 7) is 4.20. The molecular weight excluding hydrogens is 254 g/mol. The molecular formula is C15H17N3O2. The maximum absolute atomic E-state index is 12.3. The van der Waals surface area contributed by atoms with E-state index in [0.717, 1.165) is 5.56 Å². The molecule has 3 N–H and O–H groups in total. The summed E-state index contributed by atoms with van der Waals surface area (Å²) in [5.41, 5.74) is 8.31. The molecule has 5 heteroatoms. The van der Waals surface area contributed by atoms with Crippen LogP contribution >= 0.6 is 0 Å². The summed E-state index contributed by atoms with van der Waals surface area (Å²) in [7, 11) is 0. The molecule has 1 amide bonds. The van der Waals surface area contributed by atoms with E-state index in [9.17, 15) is 4.79 Å². The Balaban J connectivity index is 2.27. The zero-order chi connectivity index (χ0) is 14.5. The molecule has 0 spiro atoms. The van der Waals surface area contributed by atoms with E-state index in [2.05, 4.69) is 10.3 Å². The Hall–Kier alpha value is -2.56. The van der Waals surface area contributed by atoms with Gasteiger partial charge in [0.25, 0.3) is 5.91 Å². The molecule has 0 radical (unpaired) electrons. The lowest BCUT2D eigenvalue weighted by Gasteiger charge is -2.12. The molecule has 2 aromatic rings. The number of nitrogens with zero attached hydrogens (tertiary/aromatic N) is 1. The van der Waals surface area contributed by atoms with E-state index in [1.165, 1.54) is 0 Å². The number of aromatic nitrogens is 1. The number of rotatable bonds is 4. The molecule has 0 saturated carbocycles. The number of carbonyl (C=O) groups excluding carboxylic acids is 1. The van der Waals surface area contributed by atoms with Crippen molar-refractivity contribution in [1.29, 1.82) is 0 Å². The molecule has 104 valence electrons.